The Bertz CT molecular complexity index is 2990. The monoisotopic (exact) mass is 830 g/mol. The van der Waals surface area contributed by atoms with Crippen molar-refractivity contribution in [1.82, 2.24) is 23.8 Å². The Morgan fingerprint density at radius 2 is 1.64 bits per heavy atom. The van der Waals surface area contributed by atoms with E-state index in [1.54, 1.807) is 6.20 Å². The van der Waals surface area contributed by atoms with E-state index in [4.69, 9.17) is 18.6 Å². The number of nitrogens with zero attached hydrogens (tertiary/aromatic N) is 6. The number of ether oxygens (including phenoxy) is 1. The topological polar surface area (TPSA) is 77.1 Å². The Labute approximate surface area is 298 Å². The van der Waals surface area contributed by atoms with Crippen LogP contribution in [-0.4, -0.2) is 30.9 Å². The SMILES string of the molecule is CN1C=CN(c2[c-]c(Oc3[c-]c4c(cc3)n3c5ccccc5nc3n4-c3ccccn3)c3oc4c(ccc5oc6ccccc6c54)c3c2)[CH-]1.[Pt]. The van der Waals surface area contributed by atoms with E-state index in [1.807, 2.05) is 119 Å². The number of aromatic nitrogens is 4. The number of fused-ring (bicyclic) bond motifs is 12. The van der Waals surface area contributed by atoms with Crippen LogP contribution in [0, 0.1) is 18.8 Å². The molecule has 1 aliphatic rings. The zero-order chi connectivity index (χ0) is 32.2. The average Bonchev–Trinajstić information content (AvgIpc) is 3.94. The first-order chi connectivity index (χ1) is 24.2. The molecule has 0 amide bonds. The Balaban J connectivity index is 0.00000316. The second-order valence-electron chi connectivity index (χ2n) is 12.1. The van der Waals surface area contributed by atoms with Gasteiger partial charge in [-0.1, -0.05) is 41.8 Å². The molecule has 10 aromatic rings. The summed E-state index contributed by atoms with van der Waals surface area (Å²) in [4.78, 5) is 13.7. The van der Waals surface area contributed by atoms with Crippen molar-refractivity contribution in [2.45, 2.75) is 0 Å². The predicted molar refractivity (Wildman–Crippen MR) is 190 cm³/mol. The molecule has 0 fully saturated rings. The van der Waals surface area contributed by atoms with Crippen LogP contribution >= 0.6 is 0 Å². The van der Waals surface area contributed by atoms with E-state index in [9.17, 15) is 0 Å². The Kier molecular flexibility index (Phi) is 6.20. The second-order valence-corrected chi connectivity index (χ2v) is 12.1. The second kappa shape index (κ2) is 10.7. The minimum atomic E-state index is 0. The number of rotatable bonds is 4. The van der Waals surface area contributed by atoms with Crippen molar-refractivity contribution < 1.29 is 34.6 Å². The quantitative estimate of drug-likeness (QED) is 0.164. The molecular weight excluding hydrogens is 808 g/mol. The third-order valence-corrected chi connectivity index (χ3v) is 9.19. The van der Waals surface area contributed by atoms with Gasteiger partial charge in [0.05, 0.1) is 27.8 Å². The summed E-state index contributed by atoms with van der Waals surface area (Å²) in [6.45, 7) is 1.99. The number of para-hydroxylation sites is 3. The van der Waals surface area contributed by atoms with Crippen molar-refractivity contribution in [3.63, 3.8) is 0 Å². The number of benzene rings is 5. The van der Waals surface area contributed by atoms with Crippen LogP contribution in [0.3, 0.4) is 0 Å². The number of pyridine rings is 1. The molecule has 9 nitrogen and oxygen atoms in total. The molecule has 244 valence electrons. The zero-order valence-electron chi connectivity index (χ0n) is 26.3. The molecule has 50 heavy (non-hydrogen) atoms. The average molecular weight is 831 g/mol. The Morgan fingerprint density at radius 3 is 2.52 bits per heavy atom. The Morgan fingerprint density at radius 1 is 0.760 bits per heavy atom. The van der Waals surface area contributed by atoms with Gasteiger partial charge in [-0.2, -0.15) is 6.67 Å². The molecule has 10 heteroatoms. The summed E-state index contributed by atoms with van der Waals surface area (Å²) in [5, 5.41) is 3.80. The van der Waals surface area contributed by atoms with Crippen LogP contribution in [0.25, 0.3) is 77.5 Å². The number of furan rings is 2. The largest absolute Gasteiger partial charge is 0.511 e. The number of anilines is 1. The van der Waals surface area contributed by atoms with E-state index in [0.29, 0.717) is 17.1 Å². The molecule has 11 rings (SSSR count). The van der Waals surface area contributed by atoms with Crippen LogP contribution in [0.4, 0.5) is 5.69 Å². The summed E-state index contributed by atoms with van der Waals surface area (Å²) >= 11 is 0. The molecule has 0 unspecified atom stereocenters. The summed E-state index contributed by atoms with van der Waals surface area (Å²) in [6, 6.07) is 39.1. The number of imidazole rings is 2. The predicted octanol–water partition coefficient (Wildman–Crippen LogP) is 9.36. The van der Waals surface area contributed by atoms with Crippen LogP contribution in [-0.2, 0) is 21.1 Å². The van der Waals surface area contributed by atoms with E-state index >= 15 is 0 Å². The van der Waals surface area contributed by atoms with Crippen molar-refractivity contribution in [2.24, 2.45) is 0 Å². The summed E-state index contributed by atoms with van der Waals surface area (Å²) in [6.07, 6.45) is 5.76. The molecular formula is C40H23N6O3Pt-3. The van der Waals surface area contributed by atoms with E-state index in [2.05, 4.69) is 39.7 Å². The first-order valence-electron chi connectivity index (χ1n) is 15.9. The third-order valence-electron chi connectivity index (χ3n) is 9.19. The van der Waals surface area contributed by atoms with Gasteiger partial charge >= 0.3 is 0 Å². The molecule has 1 aliphatic heterocycles. The fourth-order valence-corrected chi connectivity index (χ4v) is 7.02. The summed E-state index contributed by atoms with van der Waals surface area (Å²) in [5.41, 5.74) is 7.34. The van der Waals surface area contributed by atoms with Crippen LogP contribution in [0.5, 0.6) is 11.5 Å². The summed E-state index contributed by atoms with van der Waals surface area (Å²) in [7, 11) is 1.99. The minimum Gasteiger partial charge on any atom is -0.511 e. The van der Waals surface area contributed by atoms with E-state index in [-0.39, 0.29) is 21.1 Å². The molecule has 0 saturated heterocycles. The summed E-state index contributed by atoms with van der Waals surface area (Å²) in [5.74, 6) is 2.43. The molecule has 0 spiro atoms. The maximum Gasteiger partial charge on any atom is 0.208 e. The molecule has 0 atom stereocenters. The first kappa shape index (κ1) is 28.9. The first-order valence-corrected chi connectivity index (χ1v) is 15.9. The third kappa shape index (κ3) is 4.10. The van der Waals surface area contributed by atoms with Gasteiger partial charge in [0.2, 0.25) is 5.78 Å². The molecule has 0 bridgehead atoms. The van der Waals surface area contributed by atoms with Crippen LogP contribution < -0.4 is 9.64 Å². The van der Waals surface area contributed by atoms with Crippen LogP contribution in [0.15, 0.2) is 124 Å². The van der Waals surface area contributed by atoms with Crippen molar-refractivity contribution in [1.29, 1.82) is 0 Å². The molecule has 6 heterocycles. The fraction of sp³-hybridized carbons (Fsp3) is 0.0250. The van der Waals surface area contributed by atoms with Gasteiger partial charge in [-0.05, 0) is 72.9 Å². The number of hydrogen-bond acceptors (Lipinski definition) is 7. The molecule has 5 aromatic heterocycles. The normalized spacial score (nSPS) is 13.3. The van der Waals surface area contributed by atoms with Crippen molar-refractivity contribution in [3.05, 3.63) is 134 Å². The van der Waals surface area contributed by atoms with Crippen LogP contribution in [0.1, 0.15) is 0 Å². The van der Waals surface area contributed by atoms with Crippen molar-refractivity contribution in [2.75, 3.05) is 11.9 Å². The van der Waals surface area contributed by atoms with Gasteiger partial charge in [0.25, 0.3) is 0 Å². The maximum absolute atomic E-state index is 6.72. The van der Waals surface area contributed by atoms with Crippen molar-refractivity contribution in [3.8, 4) is 17.3 Å². The smallest absolute Gasteiger partial charge is 0.208 e. The van der Waals surface area contributed by atoms with Gasteiger partial charge in [-0.3, -0.25) is 4.57 Å². The molecule has 0 radical (unpaired) electrons. The van der Waals surface area contributed by atoms with Gasteiger partial charge < -0.3 is 27.8 Å². The van der Waals surface area contributed by atoms with E-state index in [1.165, 1.54) is 0 Å². The summed E-state index contributed by atoms with van der Waals surface area (Å²) < 4.78 is 23.8. The fourth-order valence-electron chi connectivity index (χ4n) is 7.02. The zero-order valence-corrected chi connectivity index (χ0v) is 28.5. The van der Waals surface area contributed by atoms with Gasteiger partial charge in [-0.15, -0.1) is 36.0 Å². The standard InChI is InChI=1S/C40H23N6O3.Pt/c1-43-18-19-44(23-43)24-20-28-26-14-16-34-37(27-8-2-5-11-33(27)48-34)39(26)49-38(28)35(21-24)47-25-13-15-31-32(22-25)46(36-12-6-7-17-41-36)40-42-29-9-3-4-10-30(29)45(31)40;/h2-20,23H,1H3;/q-3;. The minimum absolute atomic E-state index is 0. The molecule has 5 aromatic carbocycles. The van der Waals surface area contributed by atoms with Gasteiger partial charge in [0.15, 0.2) is 0 Å². The van der Waals surface area contributed by atoms with E-state index < -0.39 is 0 Å². The Hall–Kier alpha value is -6.05. The molecule has 0 aliphatic carbocycles. The van der Waals surface area contributed by atoms with Gasteiger partial charge in [0, 0.05) is 43.8 Å². The van der Waals surface area contributed by atoms with Crippen LogP contribution in [0.2, 0.25) is 0 Å². The molecule has 0 N–H and O–H groups in total. The number of hydrogen-bond donors (Lipinski definition) is 0. The van der Waals surface area contributed by atoms with E-state index in [0.717, 1.165) is 77.6 Å². The van der Waals surface area contributed by atoms with Gasteiger partial charge in [-0.25, -0.2) is 9.97 Å². The molecule has 0 saturated carbocycles. The van der Waals surface area contributed by atoms with Crippen molar-refractivity contribution >= 4 is 77.4 Å². The maximum atomic E-state index is 6.72. The van der Waals surface area contributed by atoms with Gasteiger partial charge in [0.1, 0.15) is 22.6 Å².